The molecule has 0 saturated carbocycles. The second kappa shape index (κ2) is 8.81. The Bertz CT molecular complexity index is 1000. The summed E-state index contributed by atoms with van der Waals surface area (Å²) in [5, 5.41) is 9.97. The van der Waals surface area contributed by atoms with Crippen molar-refractivity contribution in [3.8, 4) is 0 Å². The van der Waals surface area contributed by atoms with Crippen LogP contribution in [0.4, 0.5) is 9.52 Å². The maximum absolute atomic E-state index is 12.9. The number of hydrogen-bond donors (Lipinski definition) is 2. The van der Waals surface area contributed by atoms with Gasteiger partial charge in [-0.3, -0.25) is 19.8 Å². The van der Waals surface area contributed by atoms with Crippen molar-refractivity contribution in [3.05, 3.63) is 68.6 Å². The van der Waals surface area contributed by atoms with E-state index in [1.54, 1.807) is 23.6 Å². The van der Waals surface area contributed by atoms with Crippen LogP contribution in [0.15, 0.2) is 41.1 Å². The van der Waals surface area contributed by atoms with Crippen molar-refractivity contribution in [1.29, 1.82) is 0 Å². The molecule has 2 amide bonds. The molecule has 0 spiro atoms. The third-order valence-corrected chi connectivity index (χ3v) is 6.27. The molecule has 6 nitrogen and oxygen atoms in total. The zero-order chi connectivity index (χ0) is 20.2. The molecule has 1 aliphatic heterocycles. The minimum absolute atomic E-state index is 0.0757. The van der Waals surface area contributed by atoms with Crippen molar-refractivity contribution in [2.75, 3.05) is 18.4 Å². The lowest BCUT2D eigenvalue weighted by atomic mass is 10.2. The van der Waals surface area contributed by atoms with E-state index in [0.717, 1.165) is 29.1 Å². The highest BCUT2D eigenvalue weighted by atomic mass is 32.1. The molecule has 0 atom stereocenters. The number of nitrogens with one attached hydrogen (secondary N) is 2. The van der Waals surface area contributed by atoms with Crippen LogP contribution < -0.4 is 10.6 Å². The maximum atomic E-state index is 12.9. The number of anilines is 1. The van der Waals surface area contributed by atoms with E-state index >= 15 is 0 Å². The van der Waals surface area contributed by atoms with Crippen LogP contribution >= 0.6 is 22.7 Å². The monoisotopic (exact) mass is 430 g/mol. The molecule has 3 aromatic rings. The maximum Gasteiger partial charge on any atom is 0.258 e. The number of carbonyl (C=O) groups excluding carboxylic acids is 2. The zero-order valence-corrected chi connectivity index (χ0v) is 17.1. The van der Waals surface area contributed by atoms with Crippen LogP contribution in [0.5, 0.6) is 0 Å². The highest BCUT2D eigenvalue weighted by Gasteiger charge is 2.23. The van der Waals surface area contributed by atoms with Gasteiger partial charge in [0, 0.05) is 36.3 Å². The van der Waals surface area contributed by atoms with Gasteiger partial charge in [-0.05, 0) is 29.1 Å². The van der Waals surface area contributed by atoms with E-state index in [2.05, 4.69) is 20.5 Å². The summed E-state index contributed by atoms with van der Waals surface area (Å²) in [6, 6.07) is 7.86. The fourth-order valence-electron chi connectivity index (χ4n) is 3.06. The fourth-order valence-corrected chi connectivity index (χ4v) is 4.74. The number of aromatic nitrogens is 1. The molecular weight excluding hydrogens is 411 g/mol. The summed E-state index contributed by atoms with van der Waals surface area (Å²) >= 11 is 2.93. The van der Waals surface area contributed by atoms with E-state index < -0.39 is 0 Å². The fraction of sp³-hybridized carbons (Fsp3) is 0.250. The molecular formula is C20H19FN4O2S2. The first-order chi connectivity index (χ1) is 14.1. The molecule has 0 bridgehead atoms. The van der Waals surface area contributed by atoms with E-state index in [-0.39, 0.29) is 24.2 Å². The minimum Gasteiger partial charge on any atom is -0.351 e. The summed E-state index contributed by atoms with van der Waals surface area (Å²) in [5.74, 6) is -0.526. The van der Waals surface area contributed by atoms with E-state index in [1.807, 2.05) is 5.38 Å². The van der Waals surface area contributed by atoms with Crippen molar-refractivity contribution >= 4 is 39.6 Å². The molecule has 1 aromatic carbocycles. The van der Waals surface area contributed by atoms with Gasteiger partial charge in [0.15, 0.2) is 5.13 Å². The first-order valence-electron chi connectivity index (χ1n) is 9.12. The van der Waals surface area contributed by atoms with Gasteiger partial charge in [-0.2, -0.15) is 11.3 Å². The average molecular weight is 431 g/mol. The van der Waals surface area contributed by atoms with E-state index in [9.17, 15) is 14.0 Å². The number of thiophene rings is 1. The first-order valence-corrected chi connectivity index (χ1v) is 10.9. The first kappa shape index (κ1) is 19.7. The second-order valence-corrected chi connectivity index (χ2v) is 8.58. The van der Waals surface area contributed by atoms with Crippen molar-refractivity contribution in [2.45, 2.75) is 19.5 Å². The van der Waals surface area contributed by atoms with Crippen LogP contribution in [0.3, 0.4) is 0 Å². The summed E-state index contributed by atoms with van der Waals surface area (Å²) in [7, 11) is 0. The standard InChI is InChI=1S/C20H19FN4O2S2/c21-15-3-1-13(2-4-15)9-22-18(26)11-25-7-5-16-17(10-25)29-20(23-16)24-19(27)14-6-8-28-12-14/h1-4,6,8,12H,5,7,9-11H2,(H,22,26)(H,23,24,27). The van der Waals surface area contributed by atoms with Crippen LogP contribution in [0.2, 0.25) is 0 Å². The molecule has 0 fully saturated rings. The number of rotatable bonds is 6. The number of nitrogens with zero attached hydrogens (tertiary/aromatic N) is 2. The third-order valence-electron chi connectivity index (χ3n) is 4.58. The van der Waals surface area contributed by atoms with E-state index in [0.29, 0.717) is 23.8 Å². The van der Waals surface area contributed by atoms with Crippen LogP contribution in [0.25, 0.3) is 0 Å². The Balaban J connectivity index is 1.29. The minimum atomic E-state index is -0.292. The molecule has 0 saturated heterocycles. The second-order valence-electron chi connectivity index (χ2n) is 6.72. The van der Waals surface area contributed by atoms with Gasteiger partial charge in [0.25, 0.3) is 5.91 Å². The number of benzene rings is 1. The largest absolute Gasteiger partial charge is 0.351 e. The summed E-state index contributed by atoms with van der Waals surface area (Å²) in [4.78, 5) is 32.1. The summed E-state index contributed by atoms with van der Waals surface area (Å²) in [6.07, 6.45) is 0.741. The predicted octanol–water partition coefficient (Wildman–Crippen LogP) is 3.27. The lowest BCUT2D eigenvalue weighted by Crippen LogP contribution is -2.39. The highest BCUT2D eigenvalue weighted by Crippen LogP contribution is 2.28. The Kier molecular flexibility index (Phi) is 5.98. The Morgan fingerprint density at radius 1 is 1.21 bits per heavy atom. The lowest BCUT2D eigenvalue weighted by molar-refractivity contribution is -0.122. The van der Waals surface area contributed by atoms with Gasteiger partial charge in [-0.1, -0.05) is 12.1 Å². The van der Waals surface area contributed by atoms with Crippen LogP contribution in [-0.4, -0.2) is 34.8 Å². The van der Waals surface area contributed by atoms with Gasteiger partial charge >= 0.3 is 0 Å². The number of thiazole rings is 1. The normalized spacial score (nSPS) is 13.7. The topological polar surface area (TPSA) is 74.3 Å². The smallest absolute Gasteiger partial charge is 0.258 e. The number of halogens is 1. The van der Waals surface area contributed by atoms with Gasteiger partial charge < -0.3 is 5.32 Å². The quantitative estimate of drug-likeness (QED) is 0.630. The number of carbonyl (C=O) groups is 2. The molecule has 29 heavy (non-hydrogen) atoms. The van der Waals surface area contributed by atoms with Gasteiger partial charge in [-0.15, -0.1) is 11.3 Å². The van der Waals surface area contributed by atoms with Gasteiger partial charge in [-0.25, -0.2) is 9.37 Å². The number of hydrogen-bond acceptors (Lipinski definition) is 6. The molecule has 9 heteroatoms. The lowest BCUT2D eigenvalue weighted by Gasteiger charge is -2.25. The van der Waals surface area contributed by atoms with Crippen molar-refractivity contribution in [2.24, 2.45) is 0 Å². The third kappa shape index (κ3) is 5.06. The average Bonchev–Trinajstić information content (AvgIpc) is 3.37. The summed E-state index contributed by atoms with van der Waals surface area (Å²) < 4.78 is 12.9. The number of amides is 2. The van der Waals surface area contributed by atoms with Crippen molar-refractivity contribution in [1.82, 2.24) is 15.2 Å². The molecule has 0 aliphatic carbocycles. The number of fused-ring (bicyclic) bond motifs is 1. The molecule has 3 heterocycles. The van der Waals surface area contributed by atoms with Crippen LogP contribution in [0, 0.1) is 5.82 Å². The molecule has 1 aliphatic rings. The summed E-state index contributed by atoms with van der Waals surface area (Å²) in [6.45, 7) is 2.02. The van der Waals surface area contributed by atoms with Crippen molar-refractivity contribution in [3.63, 3.8) is 0 Å². The Morgan fingerprint density at radius 3 is 2.79 bits per heavy atom. The predicted molar refractivity (Wildman–Crippen MR) is 112 cm³/mol. The van der Waals surface area contributed by atoms with Gasteiger partial charge in [0.05, 0.1) is 17.8 Å². The van der Waals surface area contributed by atoms with Crippen LogP contribution in [0.1, 0.15) is 26.5 Å². The Hall–Kier alpha value is -2.62. The molecule has 4 rings (SSSR count). The molecule has 150 valence electrons. The van der Waals surface area contributed by atoms with E-state index in [4.69, 9.17) is 0 Å². The molecule has 0 radical (unpaired) electrons. The Morgan fingerprint density at radius 2 is 2.03 bits per heavy atom. The Labute approximate surface area is 175 Å². The molecule has 0 unspecified atom stereocenters. The van der Waals surface area contributed by atoms with Crippen molar-refractivity contribution < 1.29 is 14.0 Å². The SMILES string of the molecule is O=C(CN1CCc2nc(NC(=O)c3ccsc3)sc2C1)NCc1ccc(F)cc1. The summed E-state index contributed by atoms with van der Waals surface area (Å²) in [5.41, 5.74) is 2.47. The van der Waals surface area contributed by atoms with Crippen LogP contribution in [-0.2, 0) is 24.3 Å². The van der Waals surface area contributed by atoms with Gasteiger partial charge in [0.1, 0.15) is 5.82 Å². The van der Waals surface area contributed by atoms with Gasteiger partial charge in [0.2, 0.25) is 5.91 Å². The van der Waals surface area contributed by atoms with E-state index in [1.165, 1.54) is 34.8 Å². The highest BCUT2D eigenvalue weighted by molar-refractivity contribution is 7.16. The zero-order valence-electron chi connectivity index (χ0n) is 15.5. The molecule has 2 N–H and O–H groups in total. The molecule has 2 aromatic heterocycles.